The predicted molar refractivity (Wildman–Crippen MR) is 63.1 cm³/mol. The number of esters is 2. The summed E-state index contributed by atoms with van der Waals surface area (Å²) in [5.74, 6) is -2.93. The molecule has 2 aliphatic carbocycles. The number of rotatable bonds is 3. The highest BCUT2D eigenvalue weighted by molar-refractivity contribution is 6.06. The van der Waals surface area contributed by atoms with Crippen molar-refractivity contribution >= 4 is 17.9 Å². The average Bonchev–Trinajstić information content (AvgIpc) is 3.13. The number of carbonyl (C=O) groups excluding carboxylic acids is 2. The fourth-order valence-electron chi connectivity index (χ4n) is 2.91. The molecule has 1 N–H and O–H groups in total. The van der Waals surface area contributed by atoms with E-state index in [0.29, 0.717) is 6.42 Å². The molecule has 0 aromatic rings. The van der Waals surface area contributed by atoms with Gasteiger partial charge in [0.15, 0.2) is 5.41 Å². The normalized spacial score (nSPS) is 35.7. The maximum Gasteiger partial charge on any atom is 0.323 e. The van der Waals surface area contributed by atoms with Gasteiger partial charge in [0, 0.05) is 5.41 Å². The molecule has 0 heterocycles. The maximum absolute atomic E-state index is 11.9. The van der Waals surface area contributed by atoms with Crippen molar-refractivity contribution in [1.29, 1.82) is 0 Å². The summed E-state index contributed by atoms with van der Waals surface area (Å²) in [5, 5.41) is 9.26. The van der Waals surface area contributed by atoms with Gasteiger partial charge in [0.2, 0.25) is 0 Å². The fraction of sp³-hybridized carbons (Fsp3) is 0.769. The first-order valence-corrected chi connectivity index (χ1v) is 6.15. The molecule has 2 saturated carbocycles. The molecule has 6 heteroatoms. The molecule has 0 amide bonds. The van der Waals surface area contributed by atoms with Gasteiger partial charge in [-0.3, -0.25) is 14.4 Å². The Morgan fingerprint density at radius 3 is 2.26 bits per heavy atom. The molecule has 6 nitrogen and oxygen atoms in total. The van der Waals surface area contributed by atoms with Gasteiger partial charge < -0.3 is 14.6 Å². The summed E-state index contributed by atoms with van der Waals surface area (Å²) in [6, 6.07) is 0. The van der Waals surface area contributed by atoms with Gasteiger partial charge in [0.05, 0.1) is 13.0 Å². The molecule has 3 atom stereocenters. The van der Waals surface area contributed by atoms with Crippen LogP contribution in [0.4, 0.5) is 0 Å². The highest BCUT2D eigenvalue weighted by Gasteiger charge is 2.89. The van der Waals surface area contributed by atoms with E-state index in [1.165, 1.54) is 0 Å². The number of ether oxygens (including phenoxy) is 2. The van der Waals surface area contributed by atoms with Crippen LogP contribution >= 0.6 is 0 Å². The van der Waals surface area contributed by atoms with Crippen LogP contribution in [-0.4, -0.2) is 35.7 Å². The van der Waals surface area contributed by atoms with Crippen LogP contribution < -0.4 is 0 Å². The Bertz CT molecular complexity index is 462. The minimum Gasteiger partial charge on any atom is -0.480 e. The summed E-state index contributed by atoms with van der Waals surface area (Å²) in [4.78, 5) is 35.0. The Kier molecular flexibility index (Phi) is 2.70. The molecule has 19 heavy (non-hydrogen) atoms. The molecule has 0 radical (unpaired) electrons. The molecule has 2 aliphatic rings. The highest BCUT2D eigenvalue weighted by Crippen LogP contribution is 2.82. The van der Waals surface area contributed by atoms with Crippen LogP contribution in [0, 0.1) is 16.7 Å². The first-order valence-electron chi connectivity index (χ1n) is 6.15. The number of carboxylic acid groups (broad SMARTS) is 1. The van der Waals surface area contributed by atoms with Gasteiger partial charge in [-0.2, -0.15) is 0 Å². The van der Waals surface area contributed by atoms with E-state index >= 15 is 0 Å². The molecular formula is C13H18O6. The zero-order valence-electron chi connectivity index (χ0n) is 11.5. The fourth-order valence-corrected chi connectivity index (χ4v) is 2.91. The summed E-state index contributed by atoms with van der Waals surface area (Å²) >= 11 is 0. The largest absolute Gasteiger partial charge is 0.480 e. The Balaban J connectivity index is 2.12. The quantitative estimate of drug-likeness (QED) is 0.607. The number of carbonyl (C=O) groups is 3. The second-order valence-corrected chi connectivity index (χ2v) is 6.33. The lowest BCUT2D eigenvalue weighted by Gasteiger charge is -2.19. The molecule has 0 unspecified atom stereocenters. The van der Waals surface area contributed by atoms with Crippen molar-refractivity contribution in [3.8, 4) is 0 Å². The third-order valence-electron chi connectivity index (χ3n) is 3.97. The van der Waals surface area contributed by atoms with Crippen molar-refractivity contribution in [1.82, 2.24) is 0 Å². The molecule has 0 aromatic carbocycles. The molecule has 0 aromatic heterocycles. The van der Waals surface area contributed by atoms with Crippen LogP contribution in [0.3, 0.4) is 0 Å². The van der Waals surface area contributed by atoms with Crippen LogP contribution in [0.5, 0.6) is 0 Å². The molecule has 106 valence electrons. The van der Waals surface area contributed by atoms with Crippen molar-refractivity contribution in [3.05, 3.63) is 0 Å². The molecule has 0 bridgehead atoms. The lowest BCUT2D eigenvalue weighted by Crippen LogP contribution is -2.31. The monoisotopic (exact) mass is 270 g/mol. The van der Waals surface area contributed by atoms with Crippen LogP contribution in [0.15, 0.2) is 0 Å². The van der Waals surface area contributed by atoms with Gasteiger partial charge in [-0.25, -0.2) is 0 Å². The molecule has 2 fully saturated rings. The second-order valence-electron chi connectivity index (χ2n) is 6.33. The van der Waals surface area contributed by atoms with Crippen LogP contribution in [0.25, 0.3) is 0 Å². The predicted octanol–water partition coefficient (Wildman–Crippen LogP) is 0.982. The number of hydrogen-bond donors (Lipinski definition) is 1. The second kappa shape index (κ2) is 3.71. The number of hydrogen-bond acceptors (Lipinski definition) is 5. The van der Waals surface area contributed by atoms with E-state index in [1.54, 1.807) is 20.8 Å². The Morgan fingerprint density at radius 2 is 1.84 bits per heavy atom. The lowest BCUT2D eigenvalue weighted by atomic mass is 10.0. The molecule has 2 rings (SSSR count). The van der Waals surface area contributed by atoms with Crippen molar-refractivity contribution < 1.29 is 29.0 Å². The third kappa shape index (κ3) is 1.81. The van der Waals surface area contributed by atoms with Crippen LogP contribution in [0.1, 0.15) is 33.6 Å². The Hall–Kier alpha value is -1.59. The highest BCUT2D eigenvalue weighted by atomic mass is 16.6. The van der Waals surface area contributed by atoms with Gasteiger partial charge in [0.1, 0.15) is 5.60 Å². The zero-order valence-corrected chi connectivity index (χ0v) is 11.5. The smallest absolute Gasteiger partial charge is 0.323 e. The van der Waals surface area contributed by atoms with Gasteiger partial charge in [-0.1, -0.05) is 0 Å². The van der Waals surface area contributed by atoms with Crippen molar-refractivity contribution in [2.24, 2.45) is 16.7 Å². The van der Waals surface area contributed by atoms with E-state index in [2.05, 4.69) is 4.74 Å². The maximum atomic E-state index is 11.9. The zero-order chi connectivity index (χ0) is 14.6. The standard InChI is InChI=1S/C13H18O6/c1-11(2,3)19-8(14)7-5-12(7)6-13(12,9(15)16)10(17)18-4/h7H,5-6H2,1-4H3,(H,15,16)/t7-,12-,13-/m1/s1. The molecule has 1 spiro atoms. The molecular weight excluding hydrogens is 252 g/mol. The molecule has 0 saturated heterocycles. The third-order valence-corrected chi connectivity index (χ3v) is 3.97. The van der Waals surface area contributed by atoms with Gasteiger partial charge in [0.25, 0.3) is 0 Å². The Labute approximate surface area is 111 Å². The Morgan fingerprint density at radius 1 is 1.26 bits per heavy atom. The van der Waals surface area contributed by atoms with E-state index in [4.69, 9.17) is 4.74 Å². The van der Waals surface area contributed by atoms with Gasteiger partial charge in [-0.05, 0) is 33.6 Å². The van der Waals surface area contributed by atoms with E-state index in [1.807, 2.05) is 0 Å². The summed E-state index contributed by atoms with van der Waals surface area (Å²) < 4.78 is 9.81. The van der Waals surface area contributed by atoms with Crippen molar-refractivity contribution in [2.45, 2.75) is 39.2 Å². The number of aliphatic carboxylic acids is 1. The van der Waals surface area contributed by atoms with E-state index in [0.717, 1.165) is 7.11 Å². The summed E-state index contributed by atoms with van der Waals surface area (Å²) in [6.45, 7) is 5.24. The minimum atomic E-state index is -1.55. The summed E-state index contributed by atoms with van der Waals surface area (Å²) in [7, 11) is 1.16. The first-order chi connectivity index (χ1) is 8.60. The SMILES string of the molecule is COC(=O)[C@]1(C(=O)O)C[C@@]12C[C@@H]2C(=O)OC(C)(C)C. The molecule has 0 aliphatic heterocycles. The first kappa shape index (κ1) is 13.8. The lowest BCUT2D eigenvalue weighted by molar-refractivity contribution is -0.161. The summed E-state index contributed by atoms with van der Waals surface area (Å²) in [6.07, 6.45) is 0.537. The van der Waals surface area contributed by atoms with Crippen molar-refractivity contribution in [3.63, 3.8) is 0 Å². The summed E-state index contributed by atoms with van der Waals surface area (Å²) in [5.41, 5.74) is -2.95. The van der Waals surface area contributed by atoms with E-state index in [-0.39, 0.29) is 6.42 Å². The van der Waals surface area contributed by atoms with E-state index in [9.17, 15) is 19.5 Å². The van der Waals surface area contributed by atoms with Crippen molar-refractivity contribution in [2.75, 3.05) is 7.11 Å². The number of carboxylic acids is 1. The van der Waals surface area contributed by atoms with Crippen LogP contribution in [0.2, 0.25) is 0 Å². The number of methoxy groups -OCH3 is 1. The topological polar surface area (TPSA) is 89.9 Å². The van der Waals surface area contributed by atoms with Crippen LogP contribution in [-0.2, 0) is 23.9 Å². The van der Waals surface area contributed by atoms with Gasteiger partial charge in [-0.15, -0.1) is 0 Å². The van der Waals surface area contributed by atoms with E-state index < -0.39 is 40.3 Å². The van der Waals surface area contributed by atoms with Gasteiger partial charge >= 0.3 is 17.9 Å². The average molecular weight is 270 g/mol. The minimum absolute atomic E-state index is 0.159.